The second-order valence-corrected chi connectivity index (χ2v) is 6.94. The first kappa shape index (κ1) is 15.2. The normalized spacial score (nSPS) is 23.0. The van der Waals surface area contributed by atoms with E-state index in [1.807, 2.05) is 0 Å². The van der Waals surface area contributed by atoms with Crippen molar-refractivity contribution in [1.82, 2.24) is 0 Å². The van der Waals surface area contributed by atoms with Crippen molar-refractivity contribution < 1.29 is 0 Å². The summed E-state index contributed by atoms with van der Waals surface area (Å²) in [6, 6.07) is 0. The van der Waals surface area contributed by atoms with Gasteiger partial charge in [0.05, 0.1) is 0 Å². The Labute approximate surface area is 121 Å². The van der Waals surface area contributed by atoms with Crippen LogP contribution in [-0.4, -0.2) is 6.71 Å². The molecule has 2 aliphatic carbocycles. The molecule has 2 saturated carbocycles. The summed E-state index contributed by atoms with van der Waals surface area (Å²) in [5.74, 6) is 4.70. The number of hydrogen-bond acceptors (Lipinski definition) is 0. The molecule has 19 heavy (non-hydrogen) atoms. The molecular weight excluding hydrogens is 227 g/mol. The summed E-state index contributed by atoms with van der Waals surface area (Å²) in [5.41, 5.74) is 0. The molecule has 0 aromatic rings. The Morgan fingerprint density at radius 1 is 0.842 bits per heavy atom. The fraction of sp³-hybridized carbons (Fsp3) is 0.889. The summed E-state index contributed by atoms with van der Waals surface area (Å²) in [6.07, 6.45) is 21.6. The molecule has 0 nitrogen and oxygen atoms in total. The van der Waals surface area contributed by atoms with E-state index >= 15 is 0 Å². The first-order valence-corrected chi connectivity index (χ1v) is 9.08. The highest BCUT2D eigenvalue weighted by Gasteiger charge is 2.32. The van der Waals surface area contributed by atoms with Crippen LogP contribution in [-0.2, 0) is 0 Å². The molecule has 2 fully saturated rings. The minimum atomic E-state index is 0.928. The van der Waals surface area contributed by atoms with Gasteiger partial charge in [-0.15, -0.1) is 5.98 Å². The van der Waals surface area contributed by atoms with Gasteiger partial charge in [0.15, 0.2) is 6.71 Å². The van der Waals surface area contributed by atoms with E-state index in [2.05, 4.69) is 19.0 Å². The van der Waals surface area contributed by atoms with Crippen molar-refractivity contribution in [2.24, 2.45) is 0 Å². The Bertz CT molecular complexity index is 228. The van der Waals surface area contributed by atoms with Gasteiger partial charge in [0.2, 0.25) is 0 Å². The number of unbranched alkanes of at least 4 members (excludes halogenated alkanes) is 2. The lowest BCUT2D eigenvalue weighted by molar-refractivity contribution is 0.464. The molecule has 108 valence electrons. The first-order valence-electron chi connectivity index (χ1n) is 9.08. The van der Waals surface area contributed by atoms with E-state index in [-0.39, 0.29) is 0 Å². The van der Waals surface area contributed by atoms with Gasteiger partial charge in [0, 0.05) is 0 Å². The largest absolute Gasteiger partial charge is 0.172 e. The van der Waals surface area contributed by atoms with Crippen molar-refractivity contribution in [2.45, 2.75) is 102 Å². The Morgan fingerprint density at radius 3 is 1.84 bits per heavy atom. The molecule has 0 amide bonds. The van der Waals surface area contributed by atoms with Crippen LogP contribution < -0.4 is 0 Å². The van der Waals surface area contributed by atoms with Gasteiger partial charge in [0.25, 0.3) is 0 Å². The standard InChI is InChI=1S/C18H33B/c1-2-3-4-11-16-19(17-12-7-5-8-13-17)18-14-9-6-10-15-18/h11,16-18H,2-10,12-15H2,1H3/b16-11+. The van der Waals surface area contributed by atoms with E-state index in [0.29, 0.717) is 0 Å². The molecule has 0 aliphatic heterocycles. The molecular formula is C18H33B. The SMILES string of the molecule is CCCC/C=C/B(C1CCCCC1)C1CCCCC1. The van der Waals surface area contributed by atoms with Crippen molar-refractivity contribution in [2.75, 3.05) is 0 Å². The van der Waals surface area contributed by atoms with E-state index in [4.69, 9.17) is 0 Å². The molecule has 0 aromatic carbocycles. The van der Waals surface area contributed by atoms with E-state index in [0.717, 1.165) is 18.3 Å². The van der Waals surface area contributed by atoms with Crippen molar-refractivity contribution in [3.8, 4) is 0 Å². The highest BCUT2D eigenvalue weighted by molar-refractivity contribution is 6.67. The zero-order chi connectivity index (χ0) is 13.3. The fourth-order valence-electron chi connectivity index (χ4n) is 4.31. The predicted octanol–water partition coefficient (Wildman–Crippen LogP) is 6.44. The Kier molecular flexibility index (Phi) is 7.10. The van der Waals surface area contributed by atoms with E-state index in [1.165, 1.54) is 83.5 Å². The van der Waals surface area contributed by atoms with Crippen LogP contribution in [0.25, 0.3) is 0 Å². The zero-order valence-electron chi connectivity index (χ0n) is 13.1. The van der Waals surface area contributed by atoms with Gasteiger partial charge in [-0.1, -0.05) is 102 Å². The maximum atomic E-state index is 2.65. The smallest absolute Gasteiger partial charge is 0.118 e. The monoisotopic (exact) mass is 260 g/mol. The summed E-state index contributed by atoms with van der Waals surface area (Å²) in [5, 5.41) is 0. The minimum Gasteiger partial charge on any atom is -0.118 e. The minimum absolute atomic E-state index is 0.928. The molecule has 0 saturated heterocycles. The molecule has 0 bridgehead atoms. The van der Waals surface area contributed by atoms with Crippen LogP contribution in [0, 0.1) is 0 Å². The van der Waals surface area contributed by atoms with Crippen LogP contribution >= 0.6 is 0 Å². The molecule has 2 rings (SSSR count). The fourth-order valence-corrected chi connectivity index (χ4v) is 4.31. The number of hydrogen-bond donors (Lipinski definition) is 0. The van der Waals surface area contributed by atoms with E-state index < -0.39 is 0 Å². The van der Waals surface area contributed by atoms with Crippen LogP contribution in [0.3, 0.4) is 0 Å². The number of allylic oxidation sites excluding steroid dienone is 1. The lowest BCUT2D eigenvalue weighted by Crippen LogP contribution is -2.28. The summed E-state index contributed by atoms with van der Waals surface area (Å²) < 4.78 is 0. The van der Waals surface area contributed by atoms with Crippen molar-refractivity contribution in [1.29, 1.82) is 0 Å². The Hall–Kier alpha value is -0.195. The van der Waals surface area contributed by atoms with Gasteiger partial charge in [-0.05, 0) is 6.42 Å². The van der Waals surface area contributed by atoms with E-state index in [9.17, 15) is 0 Å². The summed E-state index contributed by atoms with van der Waals surface area (Å²) >= 11 is 0. The third-order valence-electron chi connectivity index (χ3n) is 5.47. The predicted molar refractivity (Wildman–Crippen MR) is 88.1 cm³/mol. The van der Waals surface area contributed by atoms with Gasteiger partial charge in [-0.25, -0.2) is 0 Å². The summed E-state index contributed by atoms with van der Waals surface area (Å²) in [4.78, 5) is 0. The second kappa shape index (κ2) is 8.87. The Balaban J connectivity index is 1.92. The molecule has 0 aromatic heterocycles. The average molecular weight is 260 g/mol. The summed E-state index contributed by atoms with van der Waals surface area (Å²) in [6.45, 7) is 3.23. The van der Waals surface area contributed by atoms with Gasteiger partial charge in [-0.3, -0.25) is 0 Å². The van der Waals surface area contributed by atoms with Crippen LogP contribution in [0.4, 0.5) is 0 Å². The lowest BCUT2D eigenvalue weighted by Gasteiger charge is -2.34. The zero-order valence-corrected chi connectivity index (χ0v) is 13.1. The molecule has 0 unspecified atom stereocenters. The Morgan fingerprint density at radius 2 is 1.37 bits per heavy atom. The third-order valence-corrected chi connectivity index (χ3v) is 5.47. The van der Waals surface area contributed by atoms with Crippen LogP contribution in [0.1, 0.15) is 90.4 Å². The van der Waals surface area contributed by atoms with Crippen molar-refractivity contribution in [3.63, 3.8) is 0 Å². The van der Waals surface area contributed by atoms with E-state index in [1.54, 1.807) is 0 Å². The topological polar surface area (TPSA) is 0 Å². The maximum Gasteiger partial charge on any atom is 0.172 e. The summed E-state index contributed by atoms with van der Waals surface area (Å²) in [7, 11) is 0. The van der Waals surface area contributed by atoms with Crippen LogP contribution in [0.15, 0.2) is 12.1 Å². The quantitative estimate of drug-likeness (QED) is 0.381. The van der Waals surface area contributed by atoms with Crippen LogP contribution in [0.5, 0.6) is 0 Å². The lowest BCUT2D eigenvalue weighted by atomic mass is 9.30. The van der Waals surface area contributed by atoms with Crippen molar-refractivity contribution in [3.05, 3.63) is 12.1 Å². The highest BCUT2D eigenvalue weighted by Crippen LogP contribution is 2.41. The third kappa shape index (κ3) is 5.01. The average Bonchev–Trinajstić information content (AvgIpc) is 2.49. The first-order chi connectivity index (χ1) is 9.42. The molecule has 0 heterocycles. The van der Waals surface area contributed by atoms with Gasteiger partial charge >= 0.3 is 0 Å². The molecule has 0 atom stereocenters. The van der Waals surface area contributed by atoms with Gasteiger partial charge < -0.3 is 0 Å². The maximum absolute atomic E-state index is 2.65. The van der Waals surface area contributed by atoms with Crippen molar-refractivity contribution >= 4 is 6.71 Å². The molecule has 2 aliphatic rings. The molecule has 0 spiro atoms. The molecule has 0 radical (unpaired) electrons. The molecule has 0 N–H and O–H groups in total. The van der Waals surface area contributed by atoms with Gasteiger partial charge in [0.1, 0.15) is 0 Å². The molecule has 1 heteroatoms. The number of rotatable bonds is 6. The highest BCUT2D eigenvalue weighted by atomic mass is 14.2. The van der Waals surface area contributed by atoms with Gasteiger partial charge in [-0.2, -0.15) is 0 Å². The van der Waals surface area contributed by atoms with Crippen LogP contribution in [0.2, 0.25) is 11.6 Å². The second-order valence-electron chi connectivity index (χ2n) is 6.94.